The van der Waals surface area contributed by atoms with Crippen LogP contribution in [-0.4, -0.2) is 0 Å². The Morgan fingerprint density at radius 2 is 1.56 bits per heavy atom. The van der Waals surface area contributed by atoms with Crippen LogP contribution in [0.15, 0.2) is 48.5 Å². The molecule has 0 spiro atoms. The molecule has 0 radical (unpaired) electrons. The molecule has 0 aliphatic rings. The molecule has 0 nitrogen and oxygen atoms in total. The maximum atomic E-state index is 3.22. The maximum Gasteiger partial charge on any atom is 0.0280 e. The van der Waals surface area contributed by atoms with Gasteiger partial charge in [0, 0.05) is 11.1 Å². The zero-order chi connectivity index (χ0) is 11.4. The monoisotopic (exact) mass is 206 g/mol. The normalized spacial score (nSPS) is 9.38. The Balaban J connectivity index is 2.34. The lowest BCUT2D eigenvalue weighted by Gasteiger charge is -1.98. The minimum absolute atomic E-state index is 1.06. The lowest BCUT2D eigenvalue weighted by molar-refractivity contribution is 1.37. The van der Waals surface area contributed by atoms with Crippen LogP contribution in [0, 0.1) is 25.7 Å². The van der Waals surface area contributed by atoms with Gasteiger partial charge < -0.3 is 0 Å². The van der Waals surface area contributed by atoms with Crippen LogP contribution in [0.25, 0.3) is 0 Å². The van der Waals surface area contributed by atoms with E-state index in [1.54, 1.807) is 0 Å². The Kier molecular flexibility index (Phi) is 3.08. The van der Waals surface area contributed by atoms with Gasteiger partial charge in [-0.1, -0.05) is 42.2 Å². The number of hydrogen-bond acceptors (Lipinski definition) is 0. The van der Waals surface area contributed by atoms with Gasteiger partial charge in [-0.05, 0) is 43.2 Å². The van der Waals surface area contributed by atoms with Crippen LogP contribution in [0.2, 0.25) is 0 Å². The second kappa shape index (κ2) is 4.68. The maximum absolute atomic E-state index is 3.22. The highest BCUT2D eigenvalue weighted by Gasteiger charge is 1.93. The van der Waals surface area contributed by atoms with E-state index in [1.807, 2.05) is 30.3 Å². The van der Waals surface area contributed by atoms with Gasteiger partial charge in [-0.2, -0.15) is 0 Å². The van der Waals surface area contributed by atoms with Crippen LogP contribution in [0.3, 0.4) is 0 Å². The van der Waals surface area contributed by atoms with Crippen molar-refractivity contribution in [2.24, 2.45) is 0 Å². The molecule has 0 N–H and O–H groups in total. The molecule has 16 heavy (non-hydrogen) atoms. The van der Waals surface area contributed by atoms with Crippen LogP contribution in [0.1, 0.15) is 22.3 Å². The first kappa shape index (κ1) is 10.5. The first-order chi connectivity index (χ1) is 7.75. The Labute approximate surface area is 96.9 Å². The quantitative estimate of drug-likeness (QED) is 0.576. The molecule has 0 aliphatic heterocycles. The fourth-order valence-corrected chi connectivity index (χ4v) is 1.53. The van der Waals surface area contributed by atoms with Gasteiger partial charge in [-0.3, -0.25) is 0 Å². The standard InChI is InChI=1S/C16H14/c1-13-8-9-14(2)16(12-13)11-10-15-6-4-3-5-7-15/h3-9,12H,1-2H3. The number of aryl methyl sites for hydroxylation is 2. The molecule has 78 valence electrons. The summed E-state index contributed by atoms with van der Waals surface area (Å²) in [5.41, 5.74) is 4.66. The van der Waals surface area contributed by atoms with E-state index < -0.39 is 0 Å². The highest BCUT2D eigenvalue weighted by atomic mass is 14.0. The molecule has 0 atom stereocenters. The Bertz CT molecular complexity index is 539. The van der Waals surface area contributed by atoms with Gasteiger partial charge in [0.15, 0.2) is 0 Å². The zero-order valence-electron chi connectivity index (χ0n) is 9.62. The van der Waals surface area contributed by atoms with Crippen molar-refractivity contribution in [1.29, 1.82) is 0 Å². The third-order valence-electron chi connectivity index (χ3n) is 2.51. The van der Waals surface area contributed by atoms with E-state index in [4.69, 9.17) is 0 Å². The topological polar surface area (TPSA) is 0 Å². The van der Waals surface area contributed by atoms with Gasteiger partial charge >= 0.3 is 0 Å². The predicted octanol–water partition coefficient (Wildman–Crippen LogP) is 3.70. The van der Waals surface area contributed by atoms with E-state index in [9.17, 15) is 0 Å². The first-order valence-corrected chi connectivity index (χ1v) is 5.40. The summed E-state index contributed by atoms with van der Waals surface area (Å²) in [5, 5.41) is 0. The van der Waals surface area contributed by atoms with E-state index in [2.05, 4.69) is 43.9 Å². The summed E-state index contributed by atoms with van der Waals surface area (Å²) in [6, 6.07) is 16.4. The van der Waals surface area contributed by atoms with Crippen molar-refractivity contribution in [1.82, 2.24) is 0 Å². The summed E-state index contributed by atoms with van der Waals surface area (Å²) in [4.78, 5) is 0. The molecular formula is C16H14. The minimum atomic E-state index is 1.06. The van der Waals surface area contributed by atoms with Gasteiger partial charge in [0.25, 0.3) is 0 Å². The van der Waals surface area contributed by atoms with Crippen LogP contribution in [0.5, 0.6) is 0 Å². The number of hydrogen-bond donors (Lipinski definition) is 0. The van der Waals surface area contributed by atoms with Crippen LogP contribution >= 0.6 is 0 Å². The molecule has 2 aromatic carbocycles. The molecule has 0 aromatic heterocycles. The molecule has 0 saturated carbocycles. The van der Waals surface area contributed by atoms with Gasteiger partial charge in [-0.25, -0.2) is 0 Å². The molecule has 0 heterocycles. The zero-order valence-corrected chi connectivity index (χ0v) is 9.62. The van der Waals surface area contributed by atoms with Crippen molar-refractivity contribution in [3.63, 3.8) is 0 Å². The highest BCUT2D eigenvalue weighted by molar-refractivity contribution is 5.47. The minimum Gasteiger partial charge on any atom is -0.0622 e. The largest absolute Gasteiger partial charge is 0.0622 e. The summed E-state index contributed by atoms with van der Waals surface area (Å²) >= 11 is 0. The van der Waals surface area contributed by atoms with E-state index in [-0.39, 0.29) is 0 Å². The Morgan fingerprint density at radius 1 is 0.812 bits per heavy atom. The molecular weight excluding hydrogens is 192 g/mol. The Morgan fingerprint density at radius 3 is 2.31 bits per heavy atom. The fraction of sp³-hybridized carbons (Fsp3) is 0.125. The van der Waals surface area contributed by atoms with Crippen molar-refractivity contribution >= 4 is 0 Å². The highest BCUT2D eigenvalue weighted by Crippen LogP contribution is 2.09. The summed E-state index contributed by atoms with van der Waals surface area (Å²) in [6.45, 7) is 4.18. The molecule has 0 fully saturated rings. The second-order valence-corrected chi connectivity index (χ2v) is 3.93. The van der Waals surface area contributed by atoms with E-state index in [0.29, 0.717) is 0 Å². The van der Waals surface area contributed by atoms with Crippen molar-refractivity contribution < 1.29 is 0 Å². The summed E-state index contributed by atoms with van der Waals surface area (Å²) < 4.78 is 0. The first-order valence-electron chi connectivity index (χ1n) is 5.40. The van der Waals surface area contributed by atoms with Crippen molar-refractivity contribution in [2.75, 3.05) is 0 Å². The van der Waals surface area contributed by atoms with Crippen LogP contribution < -0.4 is 0 Å². The molecule has 2 aromatic rings. The van der Waals surface area contributed by atoms with Crippen LogP contribution in [0.4, 0.5) is 0 Å². The van der Waals surface area contributed by atoms with Crippen LogP contribution in [-0.2, 0) is 0 Å². The average molecular weight is 206 g/mol. The SMILES string of the molecule is Cc1ccc(C)c(C#Cc2ccccc2)c1. The van der Waals surface area contributed by atoms with Gasteiger partial charge in [0.2, 0.25) is 0 Å². The van der Waals surface area contributed by atoms with Crippen molar-refractivity contribution in [3.05, 3.63) is 70.8 Å². The van der Waals surface area contributed by atoms with Crippen molar-refractivity contribution in [3.8, 4) is 11.8 Å². The van der Waals surface area contributed by atoms with E-state index in [1.165, 1.54) is 11.1 Å². The third kappa shape index (κ3) is 2.52. The summed E-state index contributed by atoms with van der Waals surface area (Å²) in [7, 11) is 0. The van der Waals surface area contributed by atoms with E-state index >= 15 is 0 Å². The molecule has 0 saturated heterocycles. The number of rotatable bonds is 0. The number of benzene rings is 2. The second-order valence-electron chi connectivity index (χ2n) is 3.93. The Hall–Kier alpha value is -2.00. The molecule has 0 amide bonds. The molecule has 0 bridgehead atoms. The summed E-state index contributed by atoms with van der Waals surface area (Å²) in [5.74, 6) is 6.40. The average Bonchev–Trinajstić information content (AvgIpc) is 2.32. The lowest BCUT2D eigenvalue weighted by Crippen LogP contribution is -1.83. The van der Waals surface area contributed by atoms with Gasteiger partial charge in [-0.15, -0.1) is 0 Å². The van der Waals surface area contributed by atoms with Gasteiger partial charge in [0.05, 0.1) is 0 Å². The molecule has 0 aliphatic carbocycles. The molecule has 0 unspecified atom stereocenters. The van der Waals surface area contributed by atoms with E-state index in [0.717, 1.165) is 11.1 Å². The molecule has 2 rings (SSSR count). The predicted molar refractivity (Wildman–Crippen MR) is 68.3 cm³/mol. The fourth-order valence-electron chi connectivity index (χ4n) is 1.53. The van der Waals surface area contributed by atoms with Gasteiger partial charge in [0.1, 0.15) is 0 Å². The lowest BCUT2D eigenvalue weighted by atomic mass is 10.1. The third-order valence-corrected chi connectivity index (χ3v) is 2.51. The van der Waals surface area contributed by atoms with Crippen molar-refractivity contribution in [2.45, 2.75) is 13.8 Å². The molecule has 0 heteroatoms. The smallest absolute Gasteiger partial charge is 0.0280 e. The summed E-state index contributed by atoms with van der Waals surface area (Å²) in [6.07, 6.45) is 0.